The van der Waals surface area contributed by atoms with E-state index >= 15 is 0 Å². The minimum atomic E-state index is 0.781. The van der Waals surface area contributed by atoms with E-state index in [2.05, 4.69) is 181 Å². The lowest BCUT2D eigenvalue weighted by molar-refractivity contribution is 1.06. The Hall–Kier alpha value is -5.92. The van der Waals surface area contributed by atoms with Crippen LogP contribution in [0.1, 0.15) is 33.4 Å². The normalized spacial score (nSPS) is 12.4. The number of benzene rings is 7. The summed E-state index contributed by atoms with van der Waals surface area (Å²) in [4.78, 5) is 2.44. The summed E-state index contributed by atoms with van der Waals surface area (Å²) < 4.78 is 0. The lowest BCUT2D eigenvalue weighted by Crippen LogP contribution is -2.14. The highest BCUT2D eigenvalue weighted by Gasteiger charge is 2.25. The Balaban J connectivity index is 1.43. The van der Waals surface area contributed by atoms with Crippen LogP contribution in [-0.2, 0) is 19.3 Å². The van der Waals surface area contributed by atoms with E-state index in [0.29, 0.717) is 0 Å². The molecule has 8 rings (SSSR count). The maximum absolute atomic E-state index is 4.79. The van der Waals surface area contributed by atoms with E-state index < -0.39 is 0 Å². The van der Waals surface area contributed by atoms with Crippen LogP contribution in [0.2, 0.25) is 0 Å². The van der Waals surface area contributed by atoms with Gasteiger partial charge < -0.3 is 4.90 Å². The van der Waals surface area contributed by atoms with E-state index in [1.165, 1.54) is 55.6 Å². The first-order valence-corrected chi connectivity index (χ1v) is 16.8. The fraction of sp³-hybridized carbons (Fsp3) is 0.0638. The molecular formula is C47H37N. The summed E-state index contributed by atoms with van der Waals surface area (Å²) in [6, 6.07) is 63.8. The Kier molecular flexibility index (Phi) is 8.02. The van der Waals surface area contributed by atoms with E-state index in [4.69, 9.17) is 6.58 Å². The van der Waals surface area contributed by atoms with Crippen LogP contribution in [0.4, 0.5) is 17.1 Å². The van der Waals surface area contributed by atoms with Gasteiger partial charge in [0.25, 0.3) is 0 Å². The first-order valence-electron chi connectivity index (χ1n) is 16.8. The summed E-state index contributed by atoms with van der Waals surface area (Å²) in [6.07, 6.45) is 2.54. The third-order valence-corrected chi connectivity index (χ3v) is 9.60. The van der Waals surface area contributed by atoms with Crippen molar-refractivity contribution in [1.82, 2.24) is 0 Å². The standard InChI is InChI=1S/C47H37N/c1-34-31-36-19-8-9-20-37(36)32-38-21-10-11-22-39(38)33-40-23-12-13-27-44(40)47-42(34)28-16-30-46(47)48(41-24-6-3-7-25-41)45-29-15-14-26-43(45)35-17-4-2-5-18-35/h2-30H,1,31-33H2. The molecule has 7 aromatic rings. The first-order chi connectivity index (χ1) is 23.7. The summed E-state index contributed by atoms with van der Waals surface area (Å²) in [5, 5.41) is 0. The largest absolute Gasteiger partial charge is 0.309 e. The fourth-order valence-corrected chi connectivity index (χ4v) is 7.28. The summed E-state index contributed by atoms with van der Waals surface area (Å²) in [5.74, 6) is 0. The van der Waals surface area contributed by atoms with Crippen molar-refractivity contribution < 1.29 is 0 Å². The van der Waals surface area contributed by atoms with Crippen LogP contribution in [0.5, 0.6) is 0 Å². The van der Waals surface area contributed by atoms with Gasteiger partial charge in [0, 0.05) is 16.8 Å². The van der Waals surface area contributed by atoms with Gasteiger partial charge in [0.1, 0.15) is 0 Å². The zero-order valence-electron chi connectivity index (χ0n) is 27.0. The van der Waals surface area contributed by atoms with Crippen LogP contribution in [0.3, 0.4) is 0 Å². The molecule has 48 heavy (non-hydrogen) atoms. The SMILES string of the molecule is C=C1Cc2ccccc2Cc2ccccc2Cc2ccccc2-c2c1cccc2N(c1ccccc1)c1ccccc1-c1ccccc1. The Morgan fingerprint density at radius 2 is 0.812 bits per heavy atom. The highest BCUT2D eigenvalue weighted by molar-refractivity contribution is 5.98. The van der Waals surface area contributed by atoms with Crippen LogP contribution in [0, 0.1) is 0 Å². The Labute approximate surface area is 284 Å². The van der Waals surface area contributed by atoms with E-state index in [1.54, 1.807) is 0 Å². The van der Waals surface area contributed by atoms with Gasteiger partial charge in [0.05, 0.1) is 11.4 Å². The van der Waals surface area contributed by atoms with Crippen LogP contribution in [-0.4, -0.2) is 0 Å². The van der Waals surface area contributed by atoms with Crippen LogP contribution < -0.4 is 4.90 Å². The van der Waals surface area contributed by atoms with Crippen molar-refractivity contribution in [2.45, 2.75) is 19.3 Å². The van der Waals surface area contributed by atoms with E-state index in [9.17, 15) is 0 Å². The Morgan fingerprint density at radius 3 is 1.48 bits per heavy atom. The Morgan fingerprint density at radius 1 is 0.354 bits per heavy atom. The summed E-state index contributed by atoms with van der Waals surface area (Å²) in [5.41, 5.74) is 17.2. The average Bonchev–Trinajstić information content (AvgIpc) is 3.14. The molecule has 0 bridgehead atoms. The quantitative estimate of drug-likeness (QED) is 0.190. The molecular weight excluding hydrogens is 579 g/mol. The third-order valence-electron chi connectivity index (χ3n) is 9.60. The van der Waals surface area contributed by atoms with Crippen molar-refractivity contribution in [3.63, 3.8) is 0 Å². The van der Waals surface area contributed by atoms with Crippen molar-refractivity contribution in [3.8, 4) is 22.3 Å². The third kappa shape index (κ3) is 5.65. The van der Waals surface area contributed by atoms with Gasteiger partial charge in [-0.2, -0.15) is 0 Å². The molecule has 0 saturated heterocycles. The van der Waals surface area contributed by atoms with Gasteiger partial charge in [-0.15, -0.1) is 0 Å². The summed E-state index contributed by atoms with van der Waals surface area (Å²) in [7, 11) is 0. The minimum absolute atomic E-state index is 0.781. The fourth-order valence-electron chi connectivity index (χ4n) is 7.28. The van der Waals surface area contributed by atoms with Crippen LogP contribution in [0.25, 0.3) is 27.8 Å². The Bertz CT molecular complexity index is 2230. The maximum atomic E-state index is 4.79. The number of para-hydroxylation sites is 2. The van der Waals surface area contributed by atoms with Crippen LogP contribution in [0.15, 0.2) is 183 Å². The smallest absolute Gasteiger partial charge is 0.0546 e. The number of nitrogens with zero attached hydrogens (tertiary/aromatic N) is 1. The van der Waals surface area contributed by atoms with Crippen LogP contribution >= 0.6 is 0 Å². The number of hydrogen-bond donors (Lipinski definition) is 0. The molecule has 0 heterocycles. The highest BCUT2D eigenvalue weighted by Crippen LogP contribution is 2.48. The molecule has 0 aliphatic heterocycles. The summed E-state index contributed by atoms with van der Waals surface area (Å²) >= 11 is 0. The number of fused-ring (bicyclic) bond motifs is 5. The second-order valence-corrected chi connectivity index (χ2v) is 12.6. The molecule has 0 amide bonds. The predicted octanol–water partition coefficient (Wildman–Crippen LogP) is 12.2. The van der Waals surface area contributed by atoms with Gasteiger partial charge in [-0.25, -0.2) is 0 Å². The number of rotatable bonds is 4. The van der Waals surface area contributed by atoms with Gasteiger partial charge in [-0.1, -0.05) is 158 Å². The number of allylic oxidation sites excluding steroid dienone is 1. The van der Waals surface area contributed by atoms with Gasteiger partial charge >= 0.3 is 0 Å². The zero-order chi connectivity index (χ0) is 32.3. The molecule has 0 N–H and O–H groups in total. The van der Waals surface area contributed by atoms with Gasteiger partial charge in [-0.05, 0) is 93.6 Å². The number of anilines is 3. The molecule has 0 unspecified atom stereocenters. The minimum Gasteiger partial charge on any atom is -0.309 e. The molecule has 0 radical (unpaired) electrons. The molecule has 1 heteroatoms. The zero-order valence-corrected chi connectivity index (χ0v) is 27.0. The predicted molar refractivity (Wildman–Crippen MR) is 203 cm³/mol. The molecule has 7 aromatic carbocycles. The monoisotopic (exact) mass is 615 g/mol. The van der Waals surface area contributed by atoms with Crippen molar-refractivity contribution in [2.24, 2.45) is 0 Å². The first kappa shape index (κ1) is 29.5. The second kappa shape index (κ2) is 13.1. The molecule has 0 fully saturated rings. The highest BCUT2D eigenvalue weighted by atomic mass is 15.1. The lowest BCUT2D eigenvalue weighted by atomic mass is 9.83. The molecule has 0 saturated carbocycles. The van der Waals surface area contributed by atoms with Gasteiger partial charge in [0.15, 0.2) is 0 Å². The topological polar surface area (TPSA) is 3.24 Å². The second-order valence-electron chi connectivity index (χ2n) is 12.6. The summed E-state index contributed by atoms with van der Waals surface area (Å²) in [6.45, 7) is 4.79. The molecule has 1 aliphatic rings. The van der Waals surface area contributed by atoms with E-state index in [1.807, 2.05) is 0 Å². The molecule has 0 atom stereocenters. The van der Waals surface area contributed by atoms with Crippen molar-refractivity contribution in [3.05, 3.63) is 216 Å². The van der Waals surface area contributed by atoms with Crippen molar-refractivity contribution in [1.29, 1.82) is 0 Å². The maximum Gasteiger partial charge on any atom is 0.0546 e. The molecule has 230 valence electrons. The average molecular weight is 616 g/mol. The van der Waals surface area contributed by atoms with Crippen molar-refractivity contribution in [2.75, 3.05) is 4.90 Å². The van der Waals surface area contributed by atoms with E-state index in [0.717, 1.165) is 41.9 Å². The molecule has 0 aromatic heterocycles. The molecule has 1 aliphatic carbocycles. The lowest BCUT2D eigenvalue weighted by Gasteiger charge is -2.32. The molecule has 1 nitrogen and oxygen atoms in total. The number of hydrogen-bond acceptors (Lipinski definition) is 1. The van der Waals surface area contributed by atoms with Crippen molar-refractivity contribution >= 4 is 22.6 Å². The van der Waals surface area contributed by atoms with Gasteiger partial charge in [0.2, 0.25) is 0 Å². The van der Waals surface area contributed by atoms with Gasteiger partial charge in [-0.3, -0.25) is 0 Å². The van der Waals surface area contributed by atoms with E-state index in [-0.39, 0.29) is 0 Å². The molecule has 0 spiro atoms.